The maximum absolute atomic E-state index is 13.2. The first-order valence-electron chi connectivity index (χ1n) is 9.96. The van der Waals surface area contributed by atoms with Gasteiger partial charge < -0.3 is 5.73 Å². The Balaban J connectivity index is 1.54. The van der Waals surface area contributed by atoms with Crippen LogP contribution in [0, 0.1) is 5.82 Å². The van der Waals surface area contributed by atoms with E-state index >= 15 is 0 Å². The van der Waals surface area contributed by atoms with E-state index < -0.39 is 0 Å². The molecule has 0 radical (unpaired) electrons. The highest BCUT2D eigenvalue weighted by molar-refractivity contribution is 7.80. The average molecular weight is 446 g/mol. The van der Waals surface area contributed by atoms with Crippen LogP contribution in [0.1, 0.15) is 24.0 Å². The SMILES string of the molecule is NC(=S)N(/N=C/c1ccc(N2N=C(c3ccccc3)CCC2=O)cc1)c1ccc(F)cc1. The molecule has 8 heteroatoms. The molecule has 1 aliphatic rings. The molecule has 3 aromatic carbocycles. The Bertz CT molecular complexity index is 1180. The number of anilines is 2. The van der Waals surface area contributed by atoms with E-state index in [0.717, 1.165) is 16.8 Å². The van der Waals surface area contributed by atoms with Crippen LogP contribution in [0.15, 0.2) is 89.1 Å². The van der Waals surface area contributed by atoms with E-state index in [0.29, 0.717) is 24.2 Å². The molecule has 0 fully saturated rings. The lowest BCUT2D eigenvalue weighted by Crippen LogP contribution is -2.31. The van der Waals surface area contributed by atoms with Crippen molar-refractivity contribution in [2.75, 3.05) is 10.0 Å². The zero-order chi connectivity index (χ0) is 22.5. The Hall–Kier alpha value is -3.91. The summed E-state index contributed by atoms with van der Waals surface area (Å²) in [6.45, 7) is 0. The smallest absolute Gasteiger partial charge is 0.247 e. The first kappa shape index (κ1) is 21.3. The minimum atomic E-state index is -0.360. The van der Waals surface area contributed by atoms with Gasteiger partial charge in [-0.25, -0.2) is 14.4 Å². The Morgan fingerprint density at radius 1 is 1.03 bits per heavy atom. The number of nitrogens with two attached hydrogens (primary N) is 1. The Labute approximate surface area is 190 Å². The Morgan fingerprint density at radius 3 is 2.38 bits per heavy atom. The van der Waals surface area contributed by atoms with Crippen LogP contribution in [0.4, 0.5) is 15.8 Å². The van der Waals surface area contributed by atoms with Crippen LogP contribution in [0.3, 0.4) is 0 Å². The third kappa shape index (κ3) is 4.87. The highest BCUT2D eigenvalue weighted by Gasteiger charge is 2.22. The molecule has 3 aromatic rings. The number of hydrogen-bond acceptors (Lipinski definition) is 4. The van der Waals surface area contributed by atoms with Crippen molar-refractivity contribution in [3.05, 3.63) is 95.8 Å². The van der Waals surface area contributed by atoms with E-state index in [1.54, 1.807) is 30.5 Å². The van der Waals surface area contributed by atoms with Gasteiger partial charge in [0, 0.05) is 12.8 Å². The van der Waals surface area contributed by atoms with Gasteiger partial charge in [-0.15, -0.1) is 0 Å². The average Bonchev–Trinajstić information content (AvgIpc) is 2.81. The summed E-state index contributed by atoms with van der Waals surface area (Å²) in [6.07, 6.45) is 2.60. The summed E-state index contributed by atoms with van der Waals surface area (Å²) in [5.41, 5.74) is 9.64. The monoisotopic (exact) mass is 445 g/mol. The van der Waals surface area contributed by atoms with Crippen molar-refractivity contribution < 1.29 is 9.18 Å². The van der Waals surface area contributed by atoms with Gasteiger partial charge in [-0.3, -0.25) is 4.79 Å². The summed E-state index contributed by atoms with van der Waals surface area (Å²) < 4.78 is 13.2. The fraction of sp³-hybridized carbons (Fsp3) is 0.0833. The molecule has 0 atom stereocenters. The molecule has 160 valence electrons. The van der Waals surface area contributed by atoms with Gasteiger partial charge in [-0.1, -0.05) is 42.5 Å². The van der Waals surface area contributed by atoms with Crippen LogP contribution in [0.5, 0.6) is 0 Å². The number of thiocarbonyl (C=S) groups is 1. The molecule has 0 unspecified atom stereocenters. The number of rotatable bonds is 5. The Morgan fingerprint density at radius 2 is 1.72 bits per heavy atom. The van der Waals surface area contributed by atoms with Gasteiger partial charge in [0.2, 0.25) is 5.91 Å². The van der Waals surface area contributed by atoms with Crippen molar-refractivity contribution in [3.63, 3.8) is 0 Å². The lowest BCUT2D eigenvalue weighted by Gasteiger charge is -2.23. The number of nitrogens with zero attached hydrogens (tertiary/aromatic N) is 4. The molecule has 0 spiro atoms. The second-order valence-corrected chi connectivity index (χ2v) is 7.50. The van der Waals surface area contributed by atoms with Crippen LogP contribution in [0.25, 0.3) is 0 Å². The molecule has 0 aromatic heterocycles. The second-order valence-electron chi connectivity index (χ2n) is 7.08. The molecule has 32 heavy (non-hydrogen) atoms. The topological polar surface area (TPSA) is 74.3 Å². The van der Waals surface area contributed by atoms with Gasteiger partial charge in [0.25, 0.3) is 0 Å². The molecular formula is C24H20FN5OS. The third-order valence-electron chi connectivity index (χ3n) is 4.88. The molecule has 1 amide bonds. The second kappa shape index (κ2) is 9.49. The normalized spacial score (nSPS) is 13.8. The molecule has 0 aliphatic carbocycles. The number of hydrazone groups is 2. The number of benzene rings is 3. The summed E-state index contributed by atoms with van der Waals surface area (Å²) in [5.74, 6) is -0.413. The molecule has 6 nitrogen and oxygen atoms in total. The van der Waals surface area contributed by atoms with E-state index in [4.69, 9.17) is 18.0 Å². The summed E-state index contributed by atoms with van der Waals surface area (Å²) in [7, 11) is 0. The number of halogens is 1. The maximum Gasteiger partial charge on any atom is 0.247 e. The third-order valence-corrected chi connectivity index (χ3v) is 5.05. The first-order chi connectivity index (χ1) is 15.5. The highest BCUT2D eigenvalue weighted by atomic mass is 32.1. The van der Waals surface area contributed by atoms with Gasteiger partial charge >= 0.3 is 0 Å². The number of amides is 1. The van der Waals surface area contributed by atoms with Crippen LogP contribution in [-0.4, -0.2) is 22.9 Å². The van der Waals surface area contributed by atoms with Gasteiger partial charge in [-0.2, -0.15) is 10.2 Å². The predicted molar refractivity (Wildman–Crippen MR) is 129 cm³/mol. The molecule has 4 rings (SSSR count). The van der Waals surface area contributed by atoms with Crippen molar-refractivity contribution in [3.8, 4) is 0 Å². The van der Waals surface area contributed by atoms with Crippen molar-refractivity contribution in [2.24, 2.45) is 15.9 Å². The number of hydrogen-bond donors (Lipinski definition) is 1. The van der Waals surface area contributed by atoms with Gasteiger partial charge in [0.05, 0.1) is 23.3 Å². The standard InChI is InChI=1S/C24H20FN5OS/c25-19-8-12-21(13-9-19)30(24(26)32)27-16-17-6-10-20(11-7-17)29-23(31)15-14-22(28-29)18-4-2-1-3-5-18/h1-13,16H,14-15H2,(H2,26,32)/b27-16+. The van der Waals surface area contributed by atoms with E-state index in [-0.39, 0.29) is 16.8 Å². The number of carbonyl (C=O) groups excluding carboxylic acids is 1. The number of carbonyl (C=O) groups is 1. The lowest BCUT2D eigenvalue weighted by molar-refractivity contribution is -0.118. The van der Waals surface area contributed by atoms with E-state index in [2.05, 4.69) is 10.2 Å². The van der Waals surface area contributed by atoms with Gasteiger partial charge in [-0.05, 0) is 59.7 Å². The largest absolute Gasteiger partial charge is 0.374 e. The van der Waals surface area contributed by atoms with Crippen LogP contribution in [0.2, 0.25) is 0 Å². The van der Waals surface area contributed by atoms with Crippen molar-refractivity contribution in [2.45, 2.75) is 12.8 Å². The first-order valence-corrected chi connectivity index (χ1v) is 10.4. The molecule has 1 heterocycles. The van der Waals surface area contributed by atoms with Gasteiger partial charge in [0.15, 0.2) is 5.11 Å². The van der Waals surface area contributed by atoms with Gasteiger partial charge in [0.1, 0.15) is 5.82 Å². The quantitative estimate of drug-likeness (QED) is 0.358. The molecule has 0 saturated carbocycles. The van der Waals surface area contributed by atoms with Crippen LogP contribution >= 0.6 is 12.2 Å². The van der Waals surface area contributed by atoms with Crippen molar-refractivity contribution >= 4 is 46.5 Å². The molecule has 2 N–H and O–H groups in total. The summed E-state index contributed by atoms with van der Waals surface area (Å²) in [6, 6.07) is 22.8. The summed E-state index contributed by atoms with van der Waals surface area (Å²) in [4.78, 5) is 12.5. The fourth-order valence-electron chi connectivity index (χ4n) is 3.25. The minimum absolute atomic E-state index is 0.0335. The zero-order valence-electron chi connectivity index (χ0n) is 17.1. The lowest BCUT2D eigenvalue weighted by atomic mass is 10.0. The van der Waals surface area contributed by atoms with E-state index in [1.165, 1.54) is 22.2 Å². The zero-order valence-corrected chi connectivity index (χ0v) is 17.9. The molecule has 1 aliphatic heterocycles. The fourth-order valence-corrected chi connectivity index (χ4v) is 3.40. The highest BCUT2D eigenvalue weighted by Crippen LogP contribution is 2.23. The van der Waals surface area contributed by atoms with Crippen LogP contribution < -0.4 is 15.8 Å². The van der Waals surface area contributed by atoms with Crippen LogP contribution in [-0.2, 0) is 4.79 Å². The summed E-state index contributed by atoms with van der Waals surface area (Å²) in [5, 5.41) is 11.7. The molecule has 0 bridgehead atoms. The van der Waals surface area contributed by atoms with Crippen molar-refractivity contribution in [1.29, 1.82) is 0 Å². The maximum atomic E-state index is 13.2. The van der Waals surface area contributed by atoms with Crippen molar-refractivity contribution in [1.82, 2.24) is 0 Å². The van der Waals surface area contributed by atoms with E-state index in [1.807, 2.05) is 42.5 Å². The molecular weight excluding hydrogens is 425 g/mol. The minimum Gasteiger partial charge on any atom is -0.374 e. The predicted octanol–water partition coefficient (Wildman–Crippen LogP) is 4.44. The molecule has 0 saturated heterocycles. The van der Waals surface area contributed by atoms with E-state index in [9.17, 15) is 9.18 Å². The Kier molecular flexibility index (Phi) is 6.32. The summed E-state index contributed by atoms with van der Waals surface area (Å²) >= 11 is 5.06.